The van der Waals surface area contributed by atoms with Gasteiger partial charge in [0.1, 0.15) is 17.2 Å². The molecule has 0 bridgehead atoms. The lowest BCUT2D eigenvalue weighted by Gasteiger charge is -2.09. The highest BCUT2D eigenvalue weighted by molar-refractivity contribution is 5.73. The number of ether oxygens (including phenoxy) is 1. The van der Waals surface area contributed by atoms with Crippen LogP contribution in [0.5, 0.6) is 0 Å². The molecule has 0 radical (unpaired) electrons. The minimum atomic E-state index is -0.282. The van der Waals surface area contributed by atoms with Gasteiger partial charge in [-0.2, -0.15) is 0 Å². The second-order valence-corrected chi connectivity index (χ2v) is 4.76. The molecule has 2 heterocycles. The van der Waals surface area contributed by atoms with Gasteiger partial charge >= 0.3 is 0 Å². The Balaban J connectivity index is 2.14. The second kappa shape index (κ2) is 6.01. The van der Waals surface area contributed by atoms with Gasteiger partial charge in [-0.25, -0.2) is 14.4 Å². The zero-order chi connectivity index (χ0) is 14.7. The summed E-state index contributed by atoms with van der Waals surface area (Å²) in [6.07, 6.45) is 3.23. The minimum absolute atomic E-state index is 0.282. The van der Waals surface area contributed by atoms with Crippen molar-refractivity contribution in [3.05, 3.63) is 54.2 Å². The predicted molar refractivity (Wildman–Crippen MR) is 79.0 cm³/mol. The molecule has 0 saturated heterocycles. The van der Waals surface area contributed by atoms with Crippen LogP contribution in [0.15, 0.2) is 42.6 Å². The van der Waals surface area contributed by atoms with Crippen LogP contribution in [-0.2, 0) is 11.2 Å². The maximum absolute atomic E-state index is 14.1. The summed E-state index contributed by atoms with van der Waals surface area (Å²) < 4.78 is 21.0. The fourth-order valence-electron chi connectivity index (χ4n) is 2.39. The highest BCUT2D eigenvalue weighted by Crippen LogP contribution is 2.22. The maximum atomic E-state index is 14.1. The van der Waals surface area contributed by atoms with Crippen LogP contribution >= 0.6 is 0 Å². The molecule has 0 aliphatic heterocycles. The van der Waals surface area contributed by atoms with Crippen LogP contribution in [0.3, 0.4) is 0 Å². The van der Waals surface area contributed by atoms with Crippen molar-refractivity contribution < 1.29 is 9.13 Å². The molecule has 0 unspecified atom stereocenters. The molecule has 21 heavy (non-hydrogen) atoms. The largest absolute Gasteiger partial charge is 0.385 e. The molecule has 2 aromatic heterocycles. The Kier molecular flexibility index (Phi) is 3.92. The van der Waals surface area contributed by atoms with Crippen LogP contribution < -0.4 is 0 Å². The zero-order valence-electron chi connectivity index (χ0n) is 11.8. The van der Waals surface area contributed by atoms with Crippen LogP contribution in [0.1, 0.15) is 12.2 Å². The number of imidazole rings is 1. The number of hydrogen-bond donors (Lipinski definition) is 0. The van der Waals surface area contributed by atoms with E-state index in [2.05, 4.69) is 9.97 Å². The number of para-hydroxylation sites is 1. The van der Waals surface area contributed by atoms with E-state index in [1.165, 1.54) is 6.07 Å². The van der Waals surface area contributed by atoms with Gasteiger partial charge in [0.05, 0.1) is 5.69 Å². The molecule has 0 amide bonds. The summed E-state index contributed by atoms with van der Waals surface area (Å²) in [5.41, 5.74) is 1.93. The maximum Gasteiger partial charge on any atom is 0.164 e. The number of halogens is 1. The highest BCUT2D eigenvalue weighted by Gasteiger charge is 2.15. The van der Waals surface area contributed by atoms with Crippen LogP contribution in [0, 0.1) is 5.82 Å². The molecule has 0 aliphatic carbocycles. The number of benzene rings is 1. The van der Waals surface area contributed by atoms with Gasteiger partial charge in [0, 0.05) is 26.3 Å². The number of nitrogens with zero attached hydrogens (tertiary/aromatic N) is 3. The molecule has 0 N–H and O–H groups in total. The third-order valence-corrected chi connectivity index (χ3v) is 3.33. The lowest BCUT2D eigenvalue weighted by Crippen LogP contribution is -2.05. The summed E-state index contributed by atoms with van der Waals surface area (Å²) in [6, 6.07) is 10.4. The fourth-order valence-corrected chi connectivity index (χ4v) is 2.39. The molecule has 108 valence electrons. The van der Waals surface area contributed by atoms with Crippen molar-refractivity contribution >= 4 is 11.2 Å². The van der Waals surface area contributed by atoms with Crippen LogP contribution in [0.25, 0.3) is 16.9 Å². The summed E-state index contributed by atoms with van der Waals surface area (Å²) in [7, 11) is 1.67. The van der Waals surface area contributed by atoms with Gasteiger partial charge < -0.3 is 4.74 Å². The first-order valence-electron chi connectivity index (χ1n) is 6.87. The number of fused-ring (bicyclic) bond motifs is 1. The molecular formula is C16H16FN3O. The van der Waals surface area contributed by atoms with E-state index in [-0.39, 0.29) is 5.82 Å². The predicted octanol–water partition coefficient (Wildman–Crippen LogP) is 3.14. The van der Waals surface area contributed by atoms with E-state index in [0.717, 1.165) is 17.8 Å². The molecule has 0 fully saturated rings. The molecule has 1 aromatic carbocycles. The molecule has 0 saturated carbocycles. The number of aromatic nitrogens is 3. The van der Waals surface area contributed by atoms with E-state index in [1.54, 1.807) is 30.0 Å². The third-order valence-electron chi connectivity index (χ3n) is 3.33. The summed E-state index contributed by atoms with van der Waals surface area (Å²) in [5, 5.41) is 0. The Bertz CT molecular complexity index is 754. The second-order valence-electron chi connectivity index (χ2n) is 4.76. The van der Waals surface area contributed by atoms with Crippen molar-refractivity contribution in [1.82, 2.24) is 14.5 Å². The number of methoxy groups -OCH3 is 1. The molecule has 5 heteroatoms. The van der Waals surface area contributed by atoms with Crippen molar-refractivity contribution in [2.24, 2.45) is 0 Å². The summed E-state index contributed by atoms with van der Waals surface area (Å²) in [4.78, 5) is 8.93. The average molecular weight is 285 g/mol. The van der Waals surface area contributed by atoms with Gasteiger partial charge in [0.2, 0.25) is 0 Å². The van der Waals surface area contributed by atoms with Crippen molar-refractivity contribution in [3.8, 4) is 5.69 Å². The number of pyridine rings is 1. The molecule has 3 rings (SSSR count). The van der Waals surface area contributed by atoms with Crippen molar-refractivity contribution in [1.29, 1.82) is 0 Å². The van der Waals surface area contributed by atoms with E-state index in [1.807, 2.05) is 18.2 Å². The smallest absolute Gasteiger partial charge is 0.164 e. The van der Waals surface area contributed by atoms with E-state index in [9.17, 15) is 4.39 Å². The fraction of sp³-hybridized carbons (Fsp3) is 0.250. The van der Waals surface area contributed by atoms with Crippen molar-refractivity contribution in [2.45, 2.75) is 12.8 Å². The first-order valence-corrected chi connectivity index (χ1v) is 6.87. The Morgan fingerprint density at radius 3 is 2.86 bits per heavy atom. The normalized spacial score (nSPS) is 11.1. The van der Waals surface area contributed by atoms with Gasteiger partial charge in [0.15, 0.2) is 5.65 Å². The lowest BCUT2D eigenvalue weighted by atomic mass is 10.2. The van der Waals surface area contributed by atoms with Gasteiger partial charge in [-0.15, -0.1) is 0 Å². The molecule has 0 aliphatic rings. The van der Waals surface area contributed by atoms with Gasteiger partial charge in [-0.1, -0.05) is 12.1 Å². The molecule has 0 atom stereocenters. The summed E-state index contributed by atoms with van der Waals surface area (Å²) in [6.45, 7) is 0.647. The molecule has 0 spiro atoms. The van der Waals surface area contributed by atoms with Crippen LogP contribution in [0.2, 0.25) is 0 Å². The SMILES string of the molecule is COCCCc1nc2cccnc2n1-c1ccccc1F. The van der Waals surface area contributed by atoms with E-state index in [4.69, 9.17) is 4.74 Å². The van der Waals surface area contributed by atoms with Gasteiger partial charge in [-0.05, 0) is 30.7 Å². The Morgan fingerprint density at radius 2 is 2.05 bits per heavy atom. The number of aryl methyl sites for hydroxylation is 1. The monoisotopic (exact) mass is 285 g/mol. The standard InChI is InChI=1S/C16H16FN3O/c1-21-11-5-9-15-19-13-7-4-10-18-16(13)20(15)14-8-3-2-6-12(14)17/h2-4,6-8,10H,5,9,11H2,1H3. The van der Waals surface area contributed by atoms with E-state index >= 15 is 0 Å². The summed E-state index contributed by atoms with van der Waals surface area (Å²) >= 11 is 0. The van der Waals surface area contributed by atoms with E-state index < -0.39 is 0 Å². The Morgan fingerprint density at radius 1 is 1.19 bits per heavy atom. The van der Waals surface area contributed by atoms with Crippen molar-refractivity contribution in [3.63, 3.8) is 0 Å². The van der Waals surface area contributed by atoms with Gasteiger partial charge in [0.25, 0.3) is 0 Å². The lowest BCUT2D eigenvalue weighted by molar-refractivity contribution is 0.194. The first kappa shape index (κ1) is 13.7. The van der Waals surface area contributed by atoms with Gasteiger partial charge in [-0.3, -0.25) is 4.57 Å². The average Bonchev–Trinajstić information content (AvgIpc) is 2.86. The zero-order valence-corrected chi connectivity index (χ0v) is 11.8. The number of hydrogen-bond acceptors (Lipinski definition) is 3. The van der Waals surface area contributed by atoms with Crippen LogP contribution in [-0.4, -0.2) is 28.3 Å². The minimum Gasteiger partial charge on any atom is -0.385 e. The first-order chi connectivity index (χ1) is 10.3. The molecule has 4 nitrogen and oxygen atoms in total. The summed E-state index contributed by atoms with van der Waals surface area (Å²) in [5.74, 6) is 0.515. The topological polar surface area (TPSA) is 39.9 Å². The molecule has 3 aromatic rings. The molecular weight excluding hydrogens is 269 g/mol. The quantitative estimate of drug-likeness (QED) is 0.676. The Labute approximate surface area is 122 Å². The van der Waals surface area contributed by atoms with Crippen LogP contribution in [0.4, 0.5) is 4.39 Å². The highest BCUT2D eigenvalue weighted by atomic mass is 19.1. The van der Waals surface area contributed by atoms with E-state index in [0.29, 0.717) is 24.4 Å². The Hall–Kier alpha value is -2.27. The third kappa shape index (κ3) is 2.64. The number of rotatable bonds is 5. The van der Waals surface area contributed by atoms with Crippen molar-refractivity contribution in [2.75, 3.05) is 13.7 Å².